The molecule has 0 spiro atoms. The van der Waals surface area contributed by atoms with E-state index in [0.29, 0.717) is 17.1 Å². The van der Waals surface area contributed by atoms with Crippen LogP contribution in [0, 0.1) is 0 Å². The Bertz CT molecular complexity index is 767. The Balaban J connectivity index is 1.75. The Kier molecular flexibility index (Phi) is 7.33. The number of thiophene rings is 1. The van der Waals surface area contributed by atoms with Gasteiger partial charge in [-0.25, -0.2) is 4.79 Å². The van der Waals surface area contributed by atoms with Gasteiger partial charge in [-0.05, 0) is 57.9 Å². The van der Waals surface area contributed by atoms with Crippen molar-refractivity contribution < 1.29 is 19.1 Å². The lowest BCUT2D eigenvalue weighted by molar-refractivity contribution is -0.142. The minimum atomic E-state index is -0.839. The number of hydrogen-bond acceptors (Lipinski definition) is 5. The Morgan fingerprint density at radius 3 is 2.48 bits per heavy atom. The molecule has 2 aliphatic rings. The molecule has 2 amide bonds. The van der Waals surface area contributed by atoms with E-state index in [2.05, 4.69) is 5.32 Å². The molecule has 160 valence electrons. The van der Waals surface area contributed by atoms with Crippen LogP contribution in [0.2, 0.25) is 0 Å². The van der Waals surface area contributed by atoms with Crippen molar-refractivity contribution in [3.63, 3.8) is 0 Å². The predicted octanol–water partition coefficient (Wildman–Crippen LogP) is 4.31. The molecule has 0 bridgehead atoms. The first-order valence-corrected chi connectivity index (χ1v) is 11.7. The van der Waals surface area contributed by atoms with Crippen molar-refractivity contribution in [3.05, 3.63) is 16.0 Å². The third kappa shape index (κ3) is 5.00. The van der Waals surface area contributed by atoms with Crippen molar-refractivity contribution in [2.24, 2.45) is 0 Å². The van der Waals surface area contributed by atoms with Gasteiger partial charge in [0, 0.05) is 24.4 Å². The van der Waals surface area contributed by atoms with E-state index in [9.17, 15) is 14.4 Å². The summed E-state index contributed by atoms with van der Waals surface area (Å²) in [6.07, 6.45) is 8.53. The SMILES string of the molecule is CCN(C(=O)[C@@H](C)OC(=O)c1c(NC(C)=O)sc2c1CCCC2)C1CCCCC1. The van der Waals surface area contributed by atoms with Crippen molar-refractivity contribution >= 4 is 34.1 Å². The molecule has 0 unspecified atom stereocenters. The van der Waals surface area contributed by atoms with E-state index in [0.717, 1.165) is 61.8 Å². The number of nitrogens with one attached hydrogen (secondary N) is 1. The molecular formula is C22H32N2O4S. The standard InChI is InChI=1S/C22H32N2O4S/c1-4-24(16-10-6-5-7-11-16)21(26)14(2)28-22(27)19-17-12-8-9-13-18(17)29-20(19)23-15(3)25/h14,16H,4-13H2,1-3H3,(H,23,25)/t14-/m1/s1. The third-order valence-corrected chi connectivity index (χ3v) is 7.14. The molecule has 0 aliphatic heterocycles. The van der Waals surface area contributed by atoms with E-state index in [1.165, 1.54) is 24.7 Å². The summed E-state index contributed by atoms with van der Waals surface area (Å²) in [5, 5.41) is 3.33. The quantitative estimate of drug-likeness (QED) is 0.696. The Labute approximate surface area is 177 Å². The summed E-state index contributed by atoms with van der Waals surface area (Å²) < 4.78 is 5.64. The van der Waals surface area contributed by atoms with Gasteiger partial charge in [0.1, 0.15) is 5.00 Å². The van der Waals surface area contributed by atoms with E-state index in [4.69, 9.17) is 4.74 Å². The molecule has 29 heavy (non-hydrogen) atoms. The first-order valence-electron chi connectivity index (χ1n) is 10.9. The Morgan fingerprint density at radius 1 is 1.14 bits per heavy atom. The number of likely N-dealkylation sites (N-methyl/N-ethyl adjacent to an activating group) is 1. The van der Waals surface area contributed by atoms with E-state index >= 15 is 0 Å². The average Bonchev–Trinajstić information content (AvgIpc) is 3.06. The van der Waals surface area contributed by atoms with Crippen molar-refractivity contribution in [3.8, 4) is 0 Å². The molecular weight excluding hydrogens is 388 g/mol. The topological polar surface area (TPSA) is 75.7 Å². The van der Waals surface area contributed by atoms with Crippen molar-refractivity contribution in [1.29, 1.82) is 0 Å². The summed E-state index contributed by atoms with van der Waals surface area (Å²) >= 11 is 1.46. The summed E-state index contributed by atoms with van der Waals surface area (Å²) in [7, 11) is 0. The summed E-state index contributed by atoms with van der Waals surface area (Å²) in [6.45, 7) is 5.69. The van der Waals surface area contributed by atoms with Crippen LogP contribution in [-0.4, -0.2) is 41.4 Å². The number of esters is 1. The molecule has 0 saturated heterocycles. The highest BCUT2D eigenvalue weighted by Crippen LogP contribution is 2.38. The molecule has 2 aliphatic carbocycles. The second-order valence-corrected chi connectivity index (χ2v) is 9.17. The summed E-state index contributed by atoms with van der Waals surface area (Å²) in [5.74, 6) is -0.845. The van der Waals surface area contributed by atoms with Crippen LogP contribution in [0.3, 0.4) is 0 Å². The highest BCUT2D eigenvalue weighted by Gasteiger charge is 2.32. The first kappa shape index (κ1) is 21.8. The van der Waals surface area contributed by atoms with E-state index in [-0.39, 0.29) is 17.9 Å². The molecule has 1 aromatic heterocycles. The smallest absolute Gasteiger partial charge is 0.342 e. The number of anilines is 1. The molecule has 1 fully saturated rings. The summed E-state index contributed by atoms with van der Waals surface area (Å²) in [5.41, 5.74) is 1.43. The zero-order valence-corrected chi connectivity index (χ0v) is 18.5. The average molecular weight is 421 g/mol. The monoisotopic (exact) mass is 420 g/mol. The highest BCUT2D eigenvalue weighted by atomic mass is 32.1. The van der Waals surface area contributed by atoms with Crippen LogP contribution < -0.4 is 5.32 Å². The zero-order chi connectivity index (χ0) is 21.0. The second kappa shape index (κ2) is 9.74. The summed E-state index contributed by atoms with van der Waals surface area (Å²) in [4.78, 5) is 40.7. The highest BCUT2D eigenvalue weighted by molar-refractivity contribution is 7.17. The number of ether oxygens (including phenoxy) is 1. The maximum absolute atomic E-state index is 13.0. The Morgan fingerprint density at radius 2 is 1.83 bits per heavy atom. The van der Waals surface area contributed by atoms with Gasteiger partial charge in [-0.3, -0.25) is 9.59 Å². The Hall–Kier alpha value is -1.89. The van der Waals surface area contributed by atoms with Crippen LogP contribution >= 0.6 is 11.3 Å². The number of carbonyl (C=O) groups is 3. The molecule has 1 heterocycles. The van der Waals surface area contributed by atoms with Gasteiger partial charge in [0.05, 0.1) is 5.56 Å². The molecule has 1 N–H and O–H groups in total. The number of amides is 2. The van der Waals surface area contributed by atoms with Gasteiger partial charge in [-0.1, -0.05) is 19.3 Å². The molecule has 0 aromatic carbocycles. The molecule has 1 atom stereocenters. The van der Waals surface area contributed by atoms with Crippen LogP contribution in [0.1, 0.15) is 86.5 Å². The van der Waals surface area contributed by atoms with Gasteiger partial charge in [0.15, 0.2) is 6.10 Å². The first-order chi connectivity index (χ1) is 13.9. The van der Waals surface area contributed by atoms with Gasteiger partial charge < -0.3 is 15.0 Å². The van der Waals surface area contributed by atoms with E-state index in [1.807, 2.05) is 11.8 Å². The number of hydrogen-bond donors (Lipinski definition) is 1. The number of carbonyl (C=O) groups excluding carboxylic acids is 3. The molecule has 1 saturated carbocycles. The number of fused-ring (bicyclic) bond motifs is 1. The van der Waals surface area contributed by atoms with Gasteiger partial charge in [-0.15, -0.1) is 11.3 Å². The molecule has 1 aromatic rings. The van der Waals surface area contributed by atoms with Gasteiger partial charge in [0.2, 0.25) is 5.91 Å². The molecule has 6 nitrogen and oxygen atoms in total. The number of nitrogens with zero attached hydrogens (tertiary/aromatic N) is 1. The third-order valence-electron chi connectivity index (χ3n) is 5.94. The normalized spacial score (nSPS) is 17.9. The van der Waals surface area contributed by atoms with Crippen LogP contribution in [0.4, 0.5) is 5.00 Å². The molecule has 3 rings (SSSR count). The fourth-order valence-corrected chi connectivity index (χ4v) is 5.84. The molecule has 7 heteroatoms. The number of aryl methyl sites for hydroxylation is 1. The number of rotatable bonds is 6. The van der Waals surface area contributed by atoms with Gasteiger partial charge >= 0.3 is 5.97 Å². The van der Waals surface area contributed by atoms with Crippen LogP contribution in [-0.2, 0) is 27.2 Å². The molecule has 0 radical (unpaired) electrons. The summed E-state index contributed by atoms with van der Waals surface area (Å²) in [6, 6.07) is 0.242. The minimum Gasteiger partial charge on any atom is -0.449 e. The lowest BCUT2D eigenvalue weighted by atomic mass is 9.94. The fraction of sp³-hybridized carbons (Fsp3) is 0.682. The van der Waals surface area contributed by atoms with Crippen molar-refractivity contribution in [1.82, 2.24) is 4.90 Å². The maximum atomic E-state index is 13.0. The fourth-order valence-electron chi connectivity index (χ4n) is 4.52. The van der Waals surface area contributed by atoms with E-state index < -0.39 is 12.1 Å². The lowest BCUT2D eigenvalue weighted by Crippen LogP contribution is -2.46. The predicted molar refractivity (Wildman–Crippen MR) is 114 cm³/mol. The van der Waals surface area contributed by atoms with Gasteiger partial charge in [0.25, 0.3) is 5.91 Å². The zero-order valence-electron chi connectivity index (χ0n) is 17.7. The van der Waals surface area contributed by atoms with Crippen LogP contribution in [0.25, 0.3) is 0 Å². The van der Waals surface area contributed by atoms with Gasteiger partial charge in [-0.2, -0.15) is 0 Å². The lowest BCUT2D eigenvalue weighted by Gasteiger charge is -2.35. The largest absolute Gasteiger partial charge is 0.449 e. The van der Waals surface area contributed by atoms with Crippen molar-refractivity contribution in [2.75, 3.05) is 11.9 Å². The maximum Gasteiger partial charge on any atom is 0.342 e. The minimum absolute atomic E-state index is 0.127. The second-order valence-electron chi connectivity index (χ2n) is 8.06. The van der Waals surface area contributed by atoms with E-state index in [1.54, 1.807) is 6.92 Å². The van der Waals surface area contributed by atoms with Crippen LogP contribution in [0.15, 0.2) is 0 Å². The van der Waals surface area contributed by atoms with Crippen LogP contribution in [0.5, 0.6) is 0 Å². The van der Waals surface area contributed by atoms with Crippen molar-refractivity contribution in [2.45, 2.75) is 90.7 Å².